The molecule has 2 bridgehead atoms. The molecule has 10 heteroatoms. The van der Waals surface area contributed by atoms with Gasteiger partial charge in [0.05, 0.1) is 24.5 Å². The highest BCUT2D eigenvalue weighted by Gasteiger charge is 2.76. The molecule has 0 aromatic heterocycles. The van der Waals surface area contributed by atoms with Crippen molar-refractivity contribution in [3.05, 3.63) is 53.6 Å². The number of aliphatic hydroxyl groups is 1. The van der Waals surface area contributed by atoms with E-state index in [2.05, 4.69) is 26.6 Å². The molecule has 3 heterocycles. The van der Waals surface area contributed by atoms with Crippen molar-refractivity contribution in [2.24, 2.45) is 11.8 Å². The Morgan fingerprint density at radius 1 is 1.07 bits per heavy atom. The Morgan fingerprint density at radius 2 is 1.81 bits per heavy atom. The molecule has 3 N–H and O–H groups in total. The molecule has 2 aromatic carbocycles. The summed E-state index contributed by atoms with van der Waals surface area (Å²) in [6, 6.07) is 12.1. The first-order chi connectivity index (χ1) is 20.2. The van der Waals surface area contributed by atoms with Gasteiger partial charge in [-0.15, -0.1) is 0 Å². The lowest BCUT2D eigenvalue weighted by atomic mass is 9.70. The molecule has 3 aliphatic heterocycles. The first-order valence-corrected chi connectivity index (χ1v) is 15.8. The Hall–Kier alpha value is -2.95. The monoisotopic (exact) mass is 641 g/mol. The van der Waals surface area contributed by atoms with Gasteiger partial charge < -0.3 is 30.1 Å². The van der Waals surface area contributed by atoms with E-state index in [4.69, 9.17) is 14.6 Å². The smallest absolute Gasteiger partial charge is 0.250 e. The molecule has 0 saturated carbocycles. The van der Waals surface area contributed by atoms with Gasteiger partial charge in [0.15, 0.2) is 0 Å². The fourth-order valence-electron chi connectivity index (χ4n) is 6.82. The number of hydrogen-bond acceptors (Lipinski definition) is 6. The molecule has 9 nitrogen and oxygen atoms in total. The molecular formula is C32H40BrN3O6. The minimum absolute atomic E-state index is 0.127. The molecule has 1 spiro atoms. The van der Waals surface area contributed by atoms with Crippen LogP contribution in [0.5, 0.6) is 5.75 Å². The summed E-state index contributed by atoms with van der Waals surface area (Å²) in [5.74, 6) is -1.64. The lowest BCUT2D eigenvalue weighted by Crippen LogP contribution is -2.54. The fraction of sp³-hybridized carbons (Fsp3) is 0.531. The molecule has 226 valence electrons. The van der Waals surface area contributed by atoms with Crippen LogP contribution in [0.2, 0.25) is 0 Å². The number of ether oxygens (including phenoxy) is 2. The third-order valence-electron chi connectivity index (χ3n) is 8.73. The lowest BCUT2D eigenvalue weighted by molar-refractivity contribution is -0.139. The van der Waals surface area contributed by atoms with E-state index in [1.807, 2.05) is 39.0 Å². The van der Waals surface area contributed by atoms with E-state index in [0.29, 0.717) is 49.5 Å². The topological polar surface area (TPSA) is 117 Å². The number of likely N-dealkylation sites (tertiary alicyclic amines) is 1. The number of carbonyl (C=O) groups excluding carboxylic acids is 3. The summed E-state index contributed by atoms with van der Waals surface area (Å²) < 4.78 is 12.1. The zero-order chi connectivity index (χ0) is 30.0. The van der Waals surface area contributed by atoms with E-state index in [1.165, 1.54) is 0 Å². The maximum atomic E-state index is 14.2. The van der Waals surface area contributed by atoms with E-state index in [1.54, 1.807) is 29.2 Å². The quantitative estimate of drug-likeness (QED) is 0.231. The second-order valence-corrected chi connectivity index (χ2v) is 12.8. The van der Waals surface area contributed by atoms with E-state index in [9.17, 15) is 14.4 Å². The number of fused-ring (bicyclic) bond motifs is 1. The number of nitrogens with zero attached hydrogens (tertiary/aromatic N) is 1. The lowest BCUT2D eigenvalue weighted by Gasteiger charge is -2.34. The Morgan fingerprint density at radius 3 is 2.52 bits per heavy atom. The number of halogens is 1. The van der Waals surface area contributed by atoms with Crippen LogP contribution >= 0.6 is 15.9 Å². The van der Waals surface area contributed by atoms with E-state index in [0.717, 1.165) is 24.0 Å². The highest BCUT2D eigenvalue weighted by molar-refractivity contribution is 9.09. The maximum absolute atomic E-state index is 14.2. The van der Waals surface area contributed by atoms with Crippen LogP contribution in [0.3, 0.4) is 0 Å². The molecule has 0 aliphatic carbocycles. The Balaban J connectivity index is 1.43. The Bertz CT molecular complexity index is 1320. The number of amides is 3. The number of aryl methyl sites for hydroxylation is 2. The molecule has 3 amide bonds. The molecule has 0 radical (unpaired) electrons. The summed E-state index contributed by atoms with van der Waals surface area (Å²) in [6.07, 6.45) is 2.95. The van der Waals surface area contributed by atoms with Gasteiger partial charge in [0.2, 0.25) is 17.7 Å². The normalized spacial score (nSPS) is 27.7. The summed E-state index contributed by atoms with van der Waals surface area (Å²) in [5, 5.41) is 15.2. The predicted octanol–water partition coefficient (Wildman–Crippen LogP) is 4.58. The number of carbonyl (C=O) groups is 3. The average molecular weight is 643 g/mol. The Labute approximate surface area is 255 Å². The van der Waals surface area contributed by atoms with Crippen LogP contribution in [-0.2, 0) is 19.1 Å². The zero-order valence-electron chi connectivity index (χ0n) is 24.4. The summed E-state index contributed by atoms with van der Waals surface area (Å²) in [5.41, 5.74) is 2.11. The van der Waals surface area contributed by atoms with Crippen LogP contribution < -0.4 is 15.4 Å². The van der Waals surface area contributed by atoms with Crippen molar-refractivity contribution in [1.29, 1.82) is 0 Å². The molecule has 5 rings (SSSR count). The predicted molar refractivity (Wildman–Crippen MR) is 164 cm³/mol. The molecule has 3 aliphatic rings. The van der Waals surface area contributed by atoms with Crippen LogP contribution in [0.1, 0.15) is 50.2 Å². The van der Waals surface area contributed by atoms with Crippen molar-refractivity contribution in [3.63, 3.8) is 0 Å². The van der Waals surface area contributed by atoms with Crippen molar-refractivity contribution in [2.45, 2.75) is 75.4 Å². The Kier molecular flexibility index (Phi) is 9.25. The SMILES string of the molecule is CCOc1ccc(NC(=O)[C@H]2[C@H]3C(=O)N(CCCCCCO)C(C(=O)Nc4cc(C)ccc4C)C34CC(Br)[C@@H]2O4)cc1. The maximum Gasteiger partial charge on any atom is 0.250 e. The highest BCUT2D eigenvalue weighted by Crippen LogP contribution is 2.60. The van der Waals surface area contributed by atoms with E-state index in [-0.39, 0.29) is 29.2 Å². The van der Waals surface area contributed by atoms with Crippen LogP contribution in [0.15, 0.2) is 42.5 Å². The van der Waals surface area contributed by atoms with Gasteiger partial charge in [-0.1, -0.05) is 40.9 Å². The van der Waals surface area contributed by atoms with Crippen molar-refractivity contribution in [1.82, 2.24) is 4.90 Å². The van der Waals surface area contributed by atoms with Crippen LogP contribution in [0, 0.1) is 25.7 Å². The number of benzene rings is 2. The minimum atomic E-state index is -1.12. The molecule has 42 heavy (non-hydrogen) atoms. The number of alkyl halides is 1. The first-order valence-electron chi connectivity index (χ1n) is 14.8. The van der Waals surface area contributed by atoms with Crippen molar-refractivity contribution < 1.29 is 29.0 Å². The van der Waals surface area contributed by atoms with Gasteiger partial charge >= 0.3 is 0 Å². The molecular weight excluding hydrogens is 602 g/mol. The van der Waals surface area contributed by atoms with Crippen molar-refractivity contribution >= 4 is 45.0 Å². The second-order valence-electron chi connectivity index (χ2n) is 11.6. The van der Waals surface area contributed by atoms with E-state index < -0.39 is 29.6 Å². The van der Waals surface area contributed by atoms with Crippen LogP contribution in [-0.4, -0.2) is 70.1 Å². The molecule has 2 aromatic rings. The molecule has 3 saturated heterocycles. The van der Waals surface area contributed by atoms with Gasteiger partial charge in [-0.2, -0.15) is 0 Å². The third kappa shape index (κ3) is 5.68. The fourth-order valence-corrected chi connectivity index (χ4v) is 7.76. The standard InChI is InChI=1S/C32H40BrN3O6/c1-4-41-22-13-11-21(12-14-22)34-29(38)25-26-31(40)36(15-7-5-6-8-16-37)28(32(26)18-23(33)27(25)42-32)30(39)35-24-17-19(2)9-10-20(24)3/h9-14,17,23,25-28,37H,4-8,15-16,18H2,1-3H3,(H,34,38)(H,35,39)/t23?,25-,26-,27-,28?,32?/m0/s1. The molecule has 3 fully saturated rings. The molecule has 6 atom stereocenters. The van der Waals surface area contributed by atoms with Gasteiger partial charge in [-0.25, -0.2) is 0 Å². The third-order valence-corrected chi connectivity index (χ3v) is 9.58. The number of aliphatic hydroxyl groups excluding tert-OH is 1. The number of hydrogen-bond donors (Lipinski definition) is 3. The second kappa shape index (κ2) is 12.7. The summed E-state index contributed by atoms with van der Waals surface area (Å²) >= 11 is 3.73. The summed E-state index contributed by atoms with van der Waals surface area (Å²) in [4.78, 5) is 43.5. The highest BCUT2D eigenvalue weighted by atomic mass is 79.9. The van der Waals surface area contributed by atoms with Gasteiger partial charge in [-0.3, -0.25) is 14.4 Å². The van der Waals surface area contributed by atoms with Crippen LogP contribution in [0.25, 0.3) is 0 Å². The number of nitrogens with one attached hydrogen (secondary N) is 2. The van der Waals surface area contributed by atoms with Gasteiger partial charge in [0.25, 0.3) is 0 Å². The number of unbranched alkanes of at least 4 members (excludes halogenated alkanes) is 3. The van der Waals surface area contributed by atoms with Crippen molar-refractivity contribution in [2.75, 3.05) is 30.4 Å². The van der Waals surface area contributed by atoms with Crippen LogP contribution in [0.4, 0.5) is 11.4 Å². The largest absolute Gasteiger partial charge is 0.494 e. The minimum Gasteiger partial charge on any atom is -0.494 e. The van der Waals surface area contributed by atoms with Crippen molar-refractivity contribution in [3.8, 4) is 5.75 Å². The summed E-state index contributed by atoms with van der Waals surface area (Å²) in [6.45, 7) is 6.85. The van der Waals surface area contributed by atoms with Gasteiger partial charge in [-0.05, 0) is 81.5 Å². The average Bonchev–Trinajstić information content (AvgIpc) is 3.55. The number of rotatable bonds is 12. The van der Waals surface area contributed by atoms with Gasteiger partial charge in [0.1, 0.15) is 17.4 Å². The van der Waals surface area contributed by atoms with E-state index >= 15 is 0 Å². The number of anilines is 2. The molecule has 3 unspecified atom stereocenters. The zero-order valence-corrected chi connectivity index (χ0v) is 26.0. The first kappa shape index (κ1) is 30.5. The van der Waals surface area contributed by atoms with Gasteiger partial charge in [0, 0.05) is 29.4 Å². The summed E-state index contributed by atoms with van der Waals surface area (Å²) in [7, 11) is 0.